The van der Waals surface area contributed by atoms with Crippen LogP contribution in [0.1, 0.15) is 27.2 Å². The van der Waals surface area contributed by atoms with Gasteiger partial charge in [-0.25, -0.2) is 0 Å². The SMILES string of the molecule is CCN(CCC(=O)Nc1ccccc1[N+](=O)[O-])CC(C)(C)O. The van der Waals surface area contributed by atoms with Crippen molar-refractivity contribution in [3.05, 3.63) is 34.4 Å². The van der Waals surface area contributed by atoms with Gasteiger partial charge in [-0.05, 0) is 26.5 Å². The number of rotatable bonds is 8. The average Bonchev–Trinajstić information content (AvgIpc) is 2.42. The number of anilines is 1. The van der Waals surface area contributed by atoms with E-state index in [1.54, 1.807) is 26.0 Å². The second-order valence-electron chi connectivity index (χ2n) is 5.75. The van der Waals surface area contributed by atoms with Crippen LogP contribution in [-0.4, -0.2) is 46.1 Å². The molecule has 1 amide bonds. The lowest BCUT2D eigenvalue weighted by Gasteiger charge is -2.27. The summed E-state index contributed by atoms with van der Waals surface area (Å²) in [5.74, 6) is -0.288. The van der Waals surface area contributed by atoms with Crippen LogP contribution in [0.5, 0.6) is 0 Å². The summed E-state index contributed by atoms with van der Waals surface area (Å²) in [5.41, 5.74) is -0.757. The van der Waals surface area contributed by atoms with Gasteiger partial charge < -0.3 is 15.3 Å². The Hall–Kier alpha value is -1.99. The van der Waals surface area contributed by atoms with Crippen LogP contribution in [0.15, 0.2) is 24.3 Å². The maximum atomic E-state index is 12.0. The third-order valence-corrected chi connectivity index (χ3v) is 3.09. The van der Waals surface area contributed by atoms with E-state index in [0.717, 1.165) is 0 Å². The topological polar surface area (TPSA) is 95.7 Å². The Morgan fingerprint density at radius 1 is 1.41 bits per heavy atom. The van der Waals surface area contributed by atoms with Gasteiger partial charge >= 0.3 is 0 Å². The predicted octanol–water partition coefficient (Wildman–Crippen LogP) is 2.02. The number of likely N-dealkylation sites (N-methyl/N-ethyl adjacent to an activating group) is 1. The summed E-state index contributed by atoms with van der Waals surface area (Å²) in [6.45, 7) is 7.02. The summed E-state index contributed by atoms with van der Waals surface area (Å²) in [7, 11) is 0. The third-order valence-electron chi connectivity index (χ3n) is 3.09. The fraction of sp³-hybridized carbons (Fsp3) is 0.533. The predicted molar refractivity (Wildman–Crippen MR) is 84.8 cm³/mol. The highest BCUT2D eigenvalue weighted by molar-refractivity contribution is 5.93. The van der Waals surface area contributed by atoms with Crippen molar-refractivity contribution < 1.29 is 14.8 Å². The van der Waals surface area contributed by atoms with Crippen LogP contribution >= 0.6 is 0 Å². The molecule has 122 valence electrons. The lowest BCUT2D eigenvalue weighted by Crippen LogP contribution is -2.39. The van der Waals surface area contributed by atoms with Gasteiger partial charge in [-0.3, -0.25) is 14.9 Å². The van der Waals surface area contributed by atoms with E-state index in [1.807, 2.05) is 11.8 Å². The highest BCUT2D eigenvalue weighted by Gasteiger charge is 2.19. The molecule has 0 radical (unpaired) electrons. The zero-order chi connectivity index (χ0) is 16.8. The van der Waals surface area contributed by atoms with Crippen molar-refractivity contribution in [1.82, 2.24) is 4.90 Å². The van der Waals surface area contributed by atoms with Crippen molar-refractivity contribution >= 4 is 17.3 Å². The van der Waals surface area contributed by atoms with E-state index in [0.29, 0.717) is 19.6 Å². The largest absolute Gasteiger partial charge is 0.389 e. The van der Waals surface area contributed by atoms with Crippen LogP contribution in [0.2, 0.25) is 0 Å². The Labute approximate surface area is 130 Å². The van der Waals surface area contributed by atoms with Gasteiger partial charge in [0.05, 0.1) is 10.5 Å². The number of nitro benzene ring substituents is 1. The minimum atomic E-state index is -0.829. The standard InChI is InChI=1S/C15H23N3O4/c1-4-17(11-15(2,3)20)10-9-14(19)16-12-7-5-6-8-13(12)18(21)22/h5-8,20H,4,9-11H2,1-3H3,(H,16,19). The van der Waals surface area contributed by atoms with Gasteiger partial charge in [-0.2, -0.15) is 0 Å². The van der Waals surface area contributed by atoms with E-state index in [4.69, 9.17) is 0 Å². The van der Waals surface area contributed by atoms with Gasteiger partial charge in [0.1, 0.15) is 5.69 Å². The molecule has 0 unspecified atom stereocenters. The van der Waals surface area contributed by atoms with Crippen LogP contribution in [0, 0.1) is 10.1 Å². The lowest BCUT2D eigenvalue weighted by molar-refractivity contribution is -0.383. The number of nitro groups is 1. The highest BCUT2D eigenvalue weighted by atomic mass is 16.6. The molecule has 0 spiro atoms. The number of hydrogen-bond donors (Lipinski definition) is 2. The molecule has 0 aliphatic rings. The molecule has 0 aliphatic carbocycles. The molecule has 0 aromatic heterocycles. The Kier molecular flexibility index (Phi) is 6.45. The van der Waals surface area contributed by atoms with Gasteiger partial charge in [0.2, 0.25) is 5.91 Å². The number of benzene rings is 1. The molecule has 0 bridgehead atoms. The molecule has 7 nitrogen and oxygen atoms in total. The summed E-state index contributed by atoms with van der Waals surface area (Å²) < 4.78 is 0. The summed E-state index contributed by atoms with van der Waals surface area (Å²) in [6, 6.07) is 6.04. The van der Waals surface area contributed by atoms with Crippen molar-refractivity contribution in [2.24, 2.45) is 0 Å². The molecule has 7 heteroatoms. The third kappa shape index (κ3) is 6.19. The van der Waals surface area contributed by atoms with Crippen molar-refractivity contribution in [3.63, 3.8) is 0 Å². The normalized spacial score (nSPS) is 11.5. The molecule has 0 heterocycles. The van der Waals surface area contributed by atoms with E-state index in [2.05, 4.69) is 5.32 Å². The highest BCUT2D eigenvalue weighted by Crippen LogP contribution is 2.23. The first-order valence-electron chi connectivity index (χ1n) is 7.21. The summed E-state index contributed by atoms with van der Waals surface area (Å²) in [6.07, 6.45) is 0.204. The van der Waals surface area contributed by atoms with Crippen LogP contribution in [0.3, 0.4) is 0 Å². The van der Waals surface area contributed by atoms with Gasteiger partial charge in [-0.1, -0.05) is 19.1 Å². The number of para-hydroxylation sites is 2. The van der Waals surface area contributed by atoms with Gasteiger partial charge in [0.25, 0.3) is 5.69 Å². The molecule has 0 aliphatic heterocycles. The molecule has 0 saturated carbocycles. The quantitative estimate of drug-likeness (QED) is 0.566. The first kappa shape index (κ1) is 18.1. The summed E-state index contributed by atoms with van der Waals surface area (Å²) in [5, 5.41) is 23.3. The maximum Gasteiger partial charge on any atom is 0.292 e. The van der Waals surface area contributed by atoms with E-state index >= 15 is 0 Å². The maximum absolute atomic E-state index is 12.0. The zero-order valence-corrected chi connectivity index (χ0v) is 13.2. The minimum Gasteiger partial charge on any atom is -0.389 e. The van der Waals surface area contributed by atoms with Gasteiger partial charge in [0, 0.05) is 25.6 Å². The number of carbonyl (C=O) groups excluding carboxylic acids is 1. The Bertz CT molecular complexity index is 526. The van der Waals surface area contributed by atoms with Gasteiger partial charge in [-0.15, -0.1) is 0 Å². The first-order chi connectivity index (χ1) is 10.2. The van der Waals surface area contributed by atoms with Crippen molar-refractivity contribution in [2.75, 3.05) is 25.0 Å². The Morgan fingerprint density at radius 3 is 2.59 bits per heavy atom. The molecule has 2 N–H and O–H groups in total. The van der Waals surface area contributed by atoms with E-state index in [9.17, 15) is 20.0 Å². The van der Waals surface area contributed by atoms with E-state index in [-0.39, 0.29) is 23.7 Å². The number of nitrogens with one attached hydrogen (secondary N) is 1. The number of nitrogens with zero attached hydrogens (tertiary/aromatic N) is 2. The van der Waals surface area contributed by atoms with Crippen molar-refractivity contribution in [3.8, 4) is 0 Å². The first-order valence-corrected chi connectivity index (χ1v) is 7.21. The second kappa shape index (κ2) is 7.86. The van der Waals surface area contributed by atoms with Gasteiger partial charge in [0.15, 0.2) is 0 Å². The second-order valence-corrected chi connectivity index (χ2v) is 5.75. The number of carbonyl (C=O) groups is 1. The number of aliphatic hydroxyl groups is 1. The summed E-state index contributed by atoms with van der Waals surface area (Å²) in [4.78, 5) is 24.3. The molecule has 1 aromatic rings. The fourth-order valence-electron chi connectivity index (χ4n) is 2.11. The fourth-order valence-corrected chi connectivity index (χ4v) is 2.11. The molecule has 0 atom stereocenters. The monoisotopic (exact) mass is 309 g/mol. The van der Waals surface area contributed by atoms with Crippen molar-refractivity contribution in [1.29, 1.82) is 0 Å². The minimum absolute atomic E-state index is 0.125. The van der Waals surface area contributed by atoms with E-state index < -0.39 is 10.5 Å². The van der Waals surface area contributed by atoms with Crippen molar-refractivity contribution in [2.45, 2.75) is 32.8 Å². The van der Waals surface area contributed by atoms with Crippen LogP contribution in [0.4, 0.5) is 11.4 Å². The van der Waals surface area contributed by atoms with Crippen LogP contribution in [0.25, 0.3) is 0 Å². The Morgan fingerprint density at radius 2 is 2.05 bits per heavy atom. The number of hydrogen-bond acceptors (Lipinski definition) is 5. The molecule has 22 heavy (non-hydrogen) atoms. The number of amides is 1. The molecule has 1 aromatic carbocycles. The van der Waals surface area contributed by atoms with Crippen LogP contribution in [-0.2, 0) is 4.79 Å². The molecule has 1 rings (SSSR count). The molecular formula is C15H23N3O4. The summed E-state index contributed by atoms with van der Waals surface area (Å²) >= 11 is 0. The zero-order valence-electron chi connectivity index (χ0n) is 13.2. The lowest BCUT2D eigenvalue weighted by atomic mass is 10.1. The van der Waals surface area contributed by atoms with Crippen LogP contribution < -0.4 is 5.32 Å². The average molecular weight is 309 g/mol. The molecule has 0 fully saturated rings. The smallest absolute Gasteiger partial charge is 0.292 e. The molecule has 0 saturated heterocycles. The Balaban J connectivity index is 2.58. The van der Waals surface area contributed by atoms with E-state index in [1.165, 1.54) is 12.1 Å². The molecular weight excluding hydrogens is 286 g/mol.